The maximum Gasteiger partial charge on any atom is 0.0555 e. The molecular formula is C62H40N2S. The number of rotatable bonds is 7. The van der Waals surface area contributed by atoms with Gasteiger partial charge in [0, 0.05) is 48.0 Å². The molecule has 0 bridgehead atoms. The molecule has 0 radical (unpaired) electrons. The zero-order chi connectivity index (χ0) is 42.8. The molecule has 0 amide bonds. The van der Waals surface area contributed by atoms with Crippen molar-refractivity contribution >= 4 is 91.9 Å². The summed E-state index contributed by atoms with van der Waals surface area (Å²) in [5, 5.41) is 10.1. The van der Waals surface area contributed by atoms with Crippen molar-refractivity contribution in [2.24, 2.45) is 0 Å². The lowest BCUT2D eigenvalue weighted by Crippen LogP contribution is -2.10. The van der Waals surface area contributed by atoms with E-state index in [-0.39, 0.29) is 0 Å². The lowest BCUT2D eigenvalue weighted by molar-refractivity contribution is 1.18. The maximum absolute atomic E-state index is 2.48. The van der Waals surface area contributed by atoms with Crippen molar-refractivity contribution in [1.82, 2.24) is 4.57 Å². The molecule has 2 heterocycles. The first-order chi connectivity index (χ1) is 32.2. The molecular weight excluding hydrogens is 805 g/mol. The molecule has 0 spiro atoms. The Balaban J connectivity index is 1.00. The Hall–Kier alpha value is -8.24. The molecule has 304 valence electrons. The molecule has 0 aliphatic rings. The van der Waals surface area contributed by atoms with Crippen molar-refractivity contribution in [2.45, 2.75) is 0 Å². The lowest BCUT2D eigenvalue weighted by atomic mass is 9.94. The molecule has 65 heavy (non-hydrogen) atoms. The van der Waals surface area contributed by atoms with Gasteiger partial charge in [0.1, 0.15) is 0 Å². The second-order valence-electron chi connectivity index (χ2n) is 16.8. The molecule has 2 nitrogen and oxygen atoms in total. The van der Waals surface area contributed by atoms with E-state index in [4.69, 9.17) is 0 Å². The standard InChI is InChI=1S/C62H40N2S/c1-2-15-41(16-3-1)44-18-12-20-47(39-44)63(48-21-13-19-45(40-48)50-26-14-27-52-49-22-5-4-17-42(49)33-36-53(50)52)59-38-37-51(62-61(59)56-25-8-11-30-60(56)65-62)43-31-34-46(35-32-43)64-57-28-9-6-23-54(57)55-24-7-10-29-58(55)64/h1-40H. The first kappa shape index (κ1) is 37.3. The fourth-order valence-electron chi connectivity index (χ4n) is 10.2. The Morgan fingerprint density at radius 1 is 0.338 bits per heavy atom. The van der Waals surface area contributed by atoms with Crippen molar-refractivity contribution in [1.29, 1.82) is 0 Å². The largest absolute Gasteiger partial charge is 0.310 e. The number of benzene rings is 11. The molecule has 0 aliphatic carbocycles. The van der Waals surface area contributed by atoms with Crippen LogP contribution in [0, 0.1) is 0 Å². The zero-order valence-corrected chi connectivity index (χ0v) is 36.2. The van der Waals surface area contributed by atoms with Crippen molar-refractivity contribution < 1.29 is 0 Å². The molecule has 0 atom stereocenters. The summed E-state index contributed by atoms with van der Waals surface area (Å²) in [6.07, 6.45) is 0. The molecule has 0 saturated heterocycles. The summed E-state index contributed by atoms with van der Waals surface area (Å²) in [4.78, 5) is 2.48. The minimum absolute atomic E-state index is 1.10. The number of aromatic nitrogens is 1. The normalized spacial score (nSPS) is 11.7. The number of nitrogens with zero attached hydrogens (tertiary/aromatic N) is 2. The van der Waals surface area contributed by atoms with Crippen molar-refractivity contribution in [3.8, 4) is 39.1 Å². The SMILES string of the molecule is c1ccc(-c2cccc(N(c3cccc(-c4cccc5c4ccc4ccccc45)c3)c3ccc(-c4ccc(-n5c6ccccc6c6ccccc65)cc4)c4sc5ccccc5c34)c2)cc1. The summed E-state index contributed by atoms with van der Waals surface area (Å²) < 4.78 is 4.94. The molecule has 0 fully saturated rings. The lowest BCUT2D eigenvalue weighted by Gasteiger charge is -2.28. The molecule has 0 unspecified atom stereocenters. The van der Waals surface area contributed by atoms with E-state index in [2.05, 4.69) is 252 Å². The fraction of sp³-hybridized carbons (Fsp3) is 0. The number of hydrogen-bond acceptors (Lipinski definition) is 2. The molecule has 11 aromatic carbocycles. The summed E-state index contributed by atoms with van der Waals surface area (Å²) in [6.45, 7) is 0. The van der Waals surface area contributed by atoms with Gasteiger partial charge in [-0.1, -0.05) is 182 Å². The molecule has 0 aliphatic heterocycles. The average molecular weight is 845 g/mol. The summed E-state index contributed by atoms with van der Waals surface area (Å²) in [6, 6.07) is 89.0. The molecule has 3 heteroatoms. The number of para-hydroxylation sites is 2. The highest BCUT2D eigenvalue weighted by Crippen LogP contribution is 2.49. The Kier molecular flexibility index (Phi) is 8.75. The number of hydrogen-bond donors (Lipinski definition) is 0. The van der Waals surface area contributed by atoms with E-state index < -0.39 is 0 Å². The van der Waals surface area contributed by atoms with Crippen LogP contribution in [0.3, 0.4) is 0 Å². The van der Waals surface area contributed by atoms with Crippen LogP contribution in [0.25, 0.3) is 103 Å². The third-order valence-corrected chi connectivity index (χ3v) is 14.4. The third-order valence-electron chi connectivity index (χ3n) is 13.2. The third kappa shape index (κ3) is 6.16. The quantitative estimate of drug-likeness (QED) is 0.145. The highest BCUT2D eigenvalue weighted by Gasteiger charge is 2.22. The first-order valence-electron chi connectivity index (χ1n) is 22.2. The monoisotopic (exact) mass is 844 g/mol. The van der Waals surface area contributed by atoms with Crippen molar-refractivity contribution in [2.75, 3.05) is 4.90 Å². The van der Waals surface area contributed by atoms with Gasteiger partial charge >= 0.3 is 0 Å². The van der Waals surface area contributed by atoms with Crippen LogP contribution in [0.5, 0.6) is 0 Å². The van der Waals surface area contributed by atoms with Crippen LogP contribution in [0.2, 0.25) is 0 Å². The van der Waals surface area contributed by atoms with Crippen molar-refractivity contribution in [3.63, 3.8) is 0 Å². The van der Waals surface area contributed by atoms with Gasteiger partial charge in [-0.25, -0.2) is 0 Å². The molecule has 0 N–H and O–H groups in total. The van der Waals surface area contributed by atoms with E-state index in [0.717, 1.165) is 22.7 Å². The van der Waals surface area contributed by atoms with Crippen LogP contribution in [-0.2, 0) is 0 Å². The van der Waals surface area contributed by atoms with E-state index in [1.54, 1.807) is 0 Å². The zero-order valence-electron chi connectivity index (χ0n) is 35.4. The molecule has 13 rings (SSSR count). The van der Waals surface area contributed by atoms with Crippen LogP contribution in [0.15, 0.2) is 243 Å². The van der Waals surface area contributed by atoms with Gasteiger partial charge < -0.3 is 9.47 Å². The Bertz CT molecular complexity index is 3900. The summed E-state index contributed by atoms with van der Waals surface area (Å²) in [7, 11) is 0. The predicted octanol–water partition coefficient (Wildman–Crippen LogP) is 17.9. The molecule has 0 saturated carbocycles. The van der Waals surface area contributed by atoms with Gasteiger partial charge in [-0.15, -0.1) is 11.3 Å². The minimum Gasteiger partial charge on any atom is -0.310 e. The van der Waals surface area contributed by atoms with Gasteiger partial charge in [-0.2, -0.15) is 0 Å². The van der Waals surface area contributed by atoms with Gasteiger partial charge in [-0.3, -0.25) is 0 Å². The second-order valence-corrected chi connectivity index (χ2v) is 17.9. The summed E-state index contributed by atoms with van der Waals surface area (Å²) in [5.41, 5.74) is 14.1. The summed E-state index contributed by atoms with van der Waals surface area (Å²) in [5.74, 6) is 0. The Morgan fingerprint density at radius 3 is 1.71 bits per heavy atom. The minimum atomic E-state index is 1.10. The van der Waals surface area contributed by atoms with Crippen LogP contribution in [0.1, 0.15) is 0 Å². The van der Waals surface area contributed by atoms with E-state index in [1.807, 2.05) is 11.3 Å². The second kappa shape index (κ2) is 15.2. The maximum atomic E-state index is 2.48. The van der Waals surface area contributed by atoms with Gasteiger partial charge in [0.2, 0.25) is 0 Å². The van der Waals surface area contributed by atoms with Crippen LogP contribution < -0.4 is 4.90 Å². The molecule has 13 aromatic rings. The summed E-state index contributed by atoms with van der Waals surface area (Å²) >= 11 is 1.88. The number of fused-ring (bicyclic) bond motifs is 9. The van der Waals surface area contributed by atoms with Crippen LogP contribution >= 0.6 is 11.3 Å². The van der Waals surface area contributed by atoms with Gasteiger partial charge in [-0.05, 0) is 116 Å². The fourth-order valence-corrected chi connectivity index (χ4v) is 11.5. The van der Waals surface area contributed by atoms with Gasteiger partial charge in [0.05, 0.1) is 16.7 Å². The van der Waals surface area contributed by atoms with Crippen LogP contribution in [-0.4, -0.2) is 4.57 Å². The predicted molar refractivity (Wildman–Crippen MR) is 280 cm³/mol. The molecule has 2 aromatic heterocycles. The first-order valence-corrected chi connectivity index (χ1v) is 23.1. The Morgan fingerprint density at radius 2 is 0.938 bits per heavy atom. The van der Waals surface area contributed by atoms with Crippen molar-refractivity contribution in [3.05, 3.63) is 243 Å². The topological polar surface area (TPSA) is 8.17 Å². The van der Waals surface area contributed by atoms with E-state index in [1.165, 1.54) is 96.9 Å². The van der Waals surface area contributed by atoms with E-state index >= 15 is 0 Å². The van der Waals surface area contributed by atoms with Gasteiger partial charge in [0.15, 0.2) is 0 Å². The smallest absolute Gasteiger partial charge is 0.0555 e. The Labute approximate surface area is 381 Å². The van der Waals surface area contributed by atoms with Crippen LogP contribution in [0.4, 0.5) is 17.1 Å². The highest BCUT2D eigenvalue weighted by atomic mass is 32.1. The average Bonchev–Trinajstić information content (AvgIpc) is 3.94. The number of anilines is 3. The highest BCUT2D eigenvalue weighted by molar-refractivity contribution is 7.26. The van der Waals surface area contributed by atoms with E-state index in [9.17, 15) is 0 Å². The van der Waals surface area contributed by atoms with E-state index in [0.29, 0.717) is 0 Å². The van der Waals surface area contributed by atoms with Gasteiger partial charge in [0.25, 0.3) is 0 Å². The number of thiophene rings is 1.